The molecule has 4 nitrogen and oxygen atoms in total. The molecule has 1 aromatic rings. The Balaban J connectivity index is 2.01. The summed E-state index contributed by atoms with van der Waals surface area (Å²) in [5.41, 5.74) is 6.22. The molecule has 0 saturated heterocycles. The Hall–Kier alpha value is -1.71. The lowest BCUT2D eigenvalue weighted by Crippen LogP contribution is -2.31. The van der Waals surface area contributed by atoms with E-state index in [2.05, 4.69) is 6.07 Å². The van der Waals surface area contributed by atoms with Crippen LogP contribution >= 0.6 is 0 Å². The predicted molar refractivity (Wildman–Crippen MR) is 82.7 cm³/mol. The summed E-state index contributed by atoms with van der Waals surface area (Å²) in [5.74, 6) is 2.06. The second-order valence-electron chi connectivity index (χ2n) is 6.38. The zero-order valence-electron chi connectivity index (χ0n) is 13.1. The topological polar surface area (TPSA) is 61.5 Å². The van der Waals surface area contributed by atoms with Crippen molar-refractivity contribution in [2.24, 2.45) is 11.1 Å². The monoisotopic (exact) mass is 291 g/mol. The second-order valence-corrected chi connectivity index (χ2v) is 6.38. The average Bonchev–Trinajstić information content (AvgIpc) is 2.46. The number of rotatable bonds is 6. The van der Waals surface area contributed by atoms with Gasteiger partial charge in [0, 0.05) is 11.0 Å². The molecule has 2 rings (SSSR count). The third kappa shape index (κ3) is 3.69. The van der Waals surface area contributed by atoms with E-state index in [1.165, 1.54) is 5.56 Å². The first-order valence-electron chi connectivity index (χ1n) is 7.54. The number of ether oxygens (including phenoxy) is 2. The van der Waals surface area contributed by atoms with Gasteiger partial charge in [-0.3, -0.25) is 4.79 Å². The number of fused-ring (bicyclic) bond motifs is 1. The number of hydrogen-bond donors (Lipinski definition) is 1. The number of methoxy groups -OCH3 is 1. The third-order valence-corrected chi connectivity index (χ3v) is 4.40. The number of hydrogen-bond acceptors (Lipinski definition) is 3. The molecule has 1 atom stereocenters. The molecule has 1 amide bonds. The Kier molecular flexibility index (Phi) is 4.76. The number of primary amides is 1. The summed E-state index contributed by atoms with van der Waals surface area (Å²) in [5, 5.41) is 0. The first kappa shape index (κ1) is 15.7. The Morgan fingerprint density at radius 1 is 1.48 bits per heavy atom. The second kappa shape index (κ2) is 6.37. The molecule has 2 N–H and O–H groups in total. The molecule has 116 valence electrons. The highest BCUT2D eigenvalue weighted by atomic mass is 16.5. The maximum absolute atomic E-state index is 11.4. The van der Waals surface area contributed by atoms with E-state index < -0.39 is 5.41 Å². The lowest BCUT2D eigenvalue weighted by Gasteiger charge is -2.27. The van der Waals surface area contributed by atoms with Gasteiger partial charge in [0.1, 0.15) is 11.5 Å². The van der Waals surface area contributed by atoms with Crippen LogP contribution in [0.4, 0.5) is 0 Å². The fraction of sp³-hybridized carbons (Fsp3) is 0.588. The summed E-state index contributed by atoms with van der Waals surface area (Å²) in [6, 6.07) is 5.98. The molecule has 1 heterocycles. The molecule has 0 aliphatic carbocycles. The van der Waals surface area contributed by atoms with Gasteiger partial charge in [-0.05, 0) is 43.4 Å². The Morgan fingerprint density at radius 3 is 2.90 bits per heavy atom. The number of nitrogens with two attached hydrogens (primary N) is 1. The SMILES string of the molecule is COc1ccc2c(c1)C(CCCC(C)(C)C(N)=O)CCO2. The molecule has 0 fully saturated rings. The molecule has 0 radical (unpaired) electrons. The van der Waals surface area contributed by atoms with E-state index in [1.807, 2.05) is 26.0 Å². The van der Waals surface area contributed by atoms with Crippen LogP contribution in [0.15, 0.2) is 18.2 Å². The minimum Gasteiger partial charge on any atom is -0.497 e. The molecular formula is C17H25NO3. The largest absolute Gasteiger partial charge is 0.497 e. The molecule has 0 bridgehead atoms. The van der Waals surface area contributed by atoms with Gasteiger partial charge in [-0.25, -0.2) is 0 Å². The number of carbonyl (C=O) groups excluding carboxylic acids is 1. The van der Waals surface area contributed by atoms with Crippen LogP contribution in [0.3, 0.4) is 0 Å². The Bertz CT molecular complexity index is 511. The molecule has 21 heavy (non-hydrogen) atoms. The Morgan fingerprint density at radius 2 is 2.24 bits per heavy atom. The molecule has 1 aliphatic rings. The first-order valence-corrected chi connectivity index (χ1v) is 7.54. The molecule has 4 heteroatoms. The van der Waals surface area contributed by atoms with Crippen LogP contribution in [0.1, 0.15) is 51.0 Å². The van der Waals surface area contributed by atoms with Crippen LogP contribution in [0, 0.1) is 5.41 Å². The van der Waals surface area contributed by atoms with E-state index in [0.29, 0.717) is 5.92 Å². The van der Waals surface area contributed by atoms with Gasteiger partial charge < -0.3 is 15.2 Å². The van der Waals surface area contributed by atoms with Crippen molar-refractivity contribution in [1.29, 1.82) is 0 Å². The van der Waals surface area contributed by atoms with E-state index in [9.17, 15) is 4.79 Å². The van der Waals surface area contributed by atoms with E-state index in [4.69, 9.17) is 15.2 Å². The normalized spacial score (nSPS) is 17.8. The van der Waals surface area contributed by atoms with Crippen molar-refractivity contribution in [3.05, 3.63) is 23.8 Å². The van der Waals surface area contributed by atoms with Crippen molar-refractivity contribution >= 4 is 5.91 Å². The maximum atomic E-state index is 11.4. The fourth-order valence-electron chi connectivity index (χ4n) is 2.78. The average molecular weight is 291 g/mol. The molecule has 0 aromatic heterocycles. The van der Waals surface area contributed by atoms with Crippen LogP contribution in [0.25, 0.3) is 0 Å². The number of carbonyl (C=O) groups is 1. The van der Waals surface area contributed by atoms with E-state index in [0.717, 1.165) is 43.8 Å². The van der Waals surface area contributed by atoms with Crippen LogP contribution in [0.2, 0.25) is 0 Å². The van der Waals surface area contributed by atoms with Crippen molar-refractivity contribution in [2.75, 3.05) is 13.7 Å². The van der Waals surface area contributed by atoms with Gasteiger partial charge in [0.25, 0.3) is 0 Å². The van der Waals surface area contributed by atoms with Crippen molar-refractivity contribution in [3.63, 3.8) is 0 Å². The van der Waals surface area contributed by atoms with Crippen molar-refractivity contribution in [3.8, 4) is 11.5 Å². The van der Waals surface area contributed by atoms with E-state index in [-0.39, 0.29) is 5.91 Å². The van der Waals surface area contributed by atoms with E-state index in [1.54, 1.807) is 7.11 Å². The highest BCUT2D eigenvalue weighted by Gasteiger charge is 2.26. The number of benzene rings is 1. The maximum Gasteiger partial charge on any atom is 0.223 e. The predicted octanol–water partition coefficient (Wildman–Crippen LogP) is 3.24. The van der Waals surface area contributed by atoms with Crippen molar-refractivity contribution in [2.45, 2.75) is 45.4 Å². The lowest BCUT2D eigenvalue weighted by molar-refractivity contribution is -0.126. The zero-order chi connectivity index (χ0) is 15.5. The quantitative estimate of drug-likeness (QED) is 0.875. The standard InChI is InChI=1S/C17H25NO3/c1-17(2,16(18)19)9-4-5-12-8-10-21-15-7-6-13(20-3)11-14(12)15/h6-7,11-12H,4-5,8-10H2,1-3H3,(H2,18,19). The van der Waals surface area contributed by atoms with E-state index >= 15 is 0 Å². The first-order chi connectivity index (χ1) is 9.94. The highest BCUT2D eigenvalue weighted by Crippen LogP contribution is 2.39. The summed E-state index contributed by atoms with van der Waals surface area (Å²) in [6.45, 7) is 4.58. The van der Waals surface area contributed by atoms with Crippen molar-refractivity contribution in [1.82, 2.24) is 0 Å². The molecule has 1 unspecified atom stereocenters. The van der Waals surface area contributed by atoms with Crippen LogP contribution in [-0.2, 0) is 4.79 Å². The van der Waals surface area contributed by atoms with Crippen molar-refractivity contribution < 1.29 is 14.3 Å². The summed E-state index contributed by atoms with van der Waals surface area (Å²) >= 11 is 0. The molecular weight excluding hydrogens is 266 g/mol. The minimum absolute atomic E-state index is 0.225. The molecule has 0 spiro atoms. The van der Waals surface area contributed by atoms with Crippen LogP contribution in [0.5, 0.6) is 11.5 Å². The van der Waals surface area contributed by atoms with Gasteiger partial charge in [0.2, 0.25) is 5.91 Å². The Labute approximate surface area is 126 Å². The smallest absolute Gasteiger partial charge is 0.223 e. The van der Waals surface area contributed by atoms with Gasteiger partial charge >= 0.3 is 0 Å². The number of amides is 1. The van der Waals surface area contributed by atoms with Gasteiger partial charge in [-0.15, -0.1) is 0 Å². The molecule has 0 saturated carbocycles. The highest BCUT2D eigenvalue weighted by molar-refractivity contribution is 5.79. The summed E-state index contributed by atoms with van der Waals surface area (Å²) < 4.78 is 11.0. The minimum atomic E-state index is -0.428. The lowest BCUT2D eigenvalue weighted by atomic mass is 9.82. The zero-order valence-corrected chi connectivity index (χ0v) is 13.1. The molecule has 1 aromatic carbocycles. The van der Waals surface area contributed by atoms with Gasteiger partial charge in [-0.2, -0.15) is 0 Å². The fourth-order valence-corrected chi connectivity index (χ4v) is 2.78. The van der Waals surface area contributed by atoms with Gasteiger partial charge in [0.15, 0.2) is 0 Å². The summed E-state index contributed by atoms with van der Waals surface area (Å²) in [4.78, 5) is 11.4. The van der Waals surface area contributed by atoms with Gasteiger partial charge in [0.05, 0.1) is 13.7 Å². The van der Waals surface area contributed by atoms with Crippen LogP contribution < -0.4 is 15.2 Å². The van der Waals surface area contributed by atoms with Gasteiger partial charge in [-0.1, -0.05) is 20.3 Å². The summed E-state index contributed by atoms with van der Waals surface area (Å²) in [7, 11) is 1.68. The summed E-state index contributed by atoms with van der Waals surface area (Å²) in [6.07, 6.45) is 3.85. The molecule has 1 aliphatic heterocycles. The third-order valence-electron chi connectivity index (χ3n) is 4.40. The van der Waals surface area contributed by atoms with Crippen LogP contribution in [-0.4, -0.2) is 19.6 Å².